The fourth-order valence-electron chi connectivity index (χ4n) is 4.21. The van der Waals surface area contributed by atoms with Crippen LogP contribution in [0.15, 0.2) is 18.2 Å². The molecule has 0 aliphatic carbocycles. The first-order valence-electron chi connectivity index (χ1n) is 12.5. The van der Waals surface area contributed by atoms with Gasteiger partial charge in [-0.2, -0.15) is 0 Å². The lowest BCUT2D eigenvalue weighted by Gasteiger charge is -2.22. The van der Waals surface area contributed by atoms with Crippen LogP contribution in [0.2, 0.25) is 25.2 Å². The van der Waals surface area contributed by atoms with E-state index >= 15 is 0 Å². The number of hydrogen-bond acceptors (Lipinski definition) is 3. The van der Waals surface area contributed by atoms with Gasteiger partial charge in [0, 0.05) is 25.9 Å². The standard InChI is InChI=1S/C26H47NO2Si/c1-5-7-8-9-10-11-12-13-14-15-20-30(3,4)21-16-19-27-24-17-18-25(26(28)29)23(6-2)22-24/h17-18,22,27H,5-16,19-21H2,1-4H3,(H,28,29)/p-1. The summed E-state index contributed by atoms with van der Waals surface area (Å²) < 4.78 is 0. The van der Waals surface area contributed by atoms with Gasteiger partial charge < -0.3 is 15.2 Å². The highest BCUT2D eigenvalue weighted by atomic mass is 28.3. The van der Waals surface area contributed by atoms with Crippen LogP contribution < -0.4 is 10.4 Å². The Morgan fingerprint density at radius 3 is 2.00 bits per heavy atom. The van der Waals surface area contributed by atoms with E-state index in [1.807, 2.05) is 19.1 Å². The number of aryl methyl sites for hydroxylation is 1. The molecule has 0 radical (unpaired) electrons. The second-order valence-corrected chi connectivity index (χ2v) is 15.0. The lowest BCUT2D eigenvalue weighted by Crippen LogP contribution is -2.25. The summed E-state index contributed by atoms with van der Waals surface area (Å²) in [4.78, 5) is 11.1. The zero-order valence-electron chi connectivity index (χ0n) is 20.2. The molecule has 0 aliphatic rings. The molecule has 0 spiro atoms. The van der Waals surface area contributed by atoms with Crippen molar-refractivity contribution in [1.29, 1.82) is 0 Å². The molecule has 0 saturated carbocycles. The summed E-state index contributed by atoms with van der Waals surface area (Å²) in [5.74, 6) is -1.09. The van der Waals surface area contributed by atoms with Gasteiger partial charge in [0.2, 0.25) is 0 Å². The van der Waals surface area contributed by atoms with Gasteiger partial charge in [0.05, 0.1) is 5.97 Å². The molecule has 0 amide bonds. The number of carboxylic acid groups (broad SMARTS) is 1. The molecule has 0 bridgehead atoms. The maximum absolute atomic E-state index is 11.1. The first kappa shape index (κ1) is 26.7. The Morgan fingerprint density at radius 1 is 0.867 bits per heavy atom. The average Bonchev–Trinajstić information content (AvgIpc) is 2.72. The predicted octanol–water partition coefficient (Wildman–Crippen LogP) is 7.04. The highest BCUT2D eigenvalue weighted by Gasteiger charge is 2.19. The summed E-state index contributed by atoms with van der Waals surface area (Å²) in [5.41, 5.74) is 2.18. The predicted molar refractivity (Wildman–Crippen MR) is 132 cm³/mol. The number of unbranched alkanes of at least 4 members (excludes halogenated alkanes) is 9. The van der Waals surface area contributed by atoms with Crippen LogP contribution >= 0.6 is 0 Å². The molecule has 0 fully saturated rings. The average molecular weight is 433 g/mol. The molecule has 30 heavy (non-hydrogen) atoms. The molecule has 1 N–H and O–H groups in total. The van der Waals surface area contributed by atoms with Crippen molar-refractivity contribution in [1.82, 2.24) is 0 Å². The number of nitrogens with one attached hydrogen (secondary N) is 1. The smallest absolute Gasteiger partial charge is 0.0718 e. The maximum atomic E-state index is 11.1. The van der Waals surface area contributed by atoms with Crippen molar-refractivity contribution in [2.24, 2.45) is 0 Å². The molecule has 0 aromatic heterocycles. The number of rotatable bonds is 18. The van der Waals surface area contributed by atoms with E-state index in [0.717, 1.165) is 17.8 Å². The Labute approximate surface area is 187 Å². The quantitative estimate of drug-likeness (QED) is 0.200. The lowest BCUT2D eigenvalue weighted by atomic mass is 10.0. The van der Waals surface area contributed by atoms with Gasteiger partial charge in [0.15, 0.2) is 0 Å². The van der Waals surface area contributed by atoms with Crippen molar-refractivity contribution in [3.8, 4) is 0 Å². The van der Waals surface area contributed by atoms with Gasteiger partial charge in [-0.1, -0.05) is 109 Å². The monoisotopic (exact) mass is 432 g/mol. The number of anilines is 1. The van der Waals surface area contributed by atoms with Gasteiger partial charge in [-0.05, 0) is 30.5 Å². The second-order valence-electron chi connectivity index (χ2n) is 9.64. The van der Waals surface area contributed by atoms with E-state index in [4.69, 9.17) is 0 Å². The minimum absolute atomic E-state index is 0.313. The van der Waals surface area contributed by atoms with E-state index in [-0.39, 0.29) is 0 Å². The minimum atomic E-state index is -1.10. The van der Waals surface area contributed by atoms with Gasteiger partial charge in [0.25, 0.3) is 0 Å². The van der Waals surface area contributed by atoms with Gasteiger partial charge in [0.1, 0.15) is 0 Å². The first-order valence-corrected chi connectivity index (χ1v) is 15.9. The van der Waals surface area contributed by atoms with E-state index < -0.39 is 14.0 Å². The summed E-state index contributed by atoms with van der Waals surface area (Å²) in [7, 11) is -1.10. The summed E-state index contributed by atoms with van der Waals surface area (Å²) in [6.45, 7) is 10.3. The molecule has 0 heterocycles. The third-order valence-electron chi connectivity index (χ3n) is 6.27. The highest BCUT2D eigenvalue weighted by Crippen LogP contribution is 2.22. The van der Waals surface area contributed by atoms with E-state index in [2.05, 4.69) is 25.3 Å². The van der Waals surface area contributed by atoms with Crippen LogP contribution in [0.1, 0.15) is 100 Å². The van der Waals surface area contributed by atoms with Crippen LogP contribution in [0.4, 0.5) is 5.69 Å². The van der Waals surface area contributed by atoms with Crippen LogP contribution in [0, 0.1) is 0 Å². The number of benzene rings is 1. The minimum Gasteiger partial charge on any atom is -0.545 e. The SMILES string of the molecule is CCCCCCCCCCCC[Si](C)(C)CCCNc1ccc(C(=O)[O-])c(CC)c1. The Kier molecular flexibility index (Phi) is 13.8. The summed E-state index contributed by atoms with van der Waals surface area (Å²) >= 11 is 0. The van der Waals surface area contributed by atoms with E-state index in [1.54, 1.807) is 6.07 Å². The maximum Gasteiger partial charge on any atom is 0.0718 e. The van der Waals surface area contributed by atoms with E-state index in [1.165, 1.54) is 82.7 Å². The topological polar surface area (TPSA) is 52.2 Å². The Balaban J connectivity index is 2.14. The summed E-state index contributed by atoms with van der Waals surface area (Å²) in [5, 5.41) is 14.6. The number of hydrogen-bond donors (Lipinski definition) is 1. The molecular formula is C26H46NO2Si-. The van der Waals surface area contributed by atoms with Crippen LogP contribution in [0.25, 0.3) is 0 Å². The number of carbonyl (C=O) groups excluding carboxylic acids is 1. The largest absolute Gasteiger partial charge is 0.545 e. The molecule has 0 unspecified atom stereocenters. The van der Waals surface area contributed by atoms with Crippen molar-refractivity contribution in [2.45, 2.75) is 116 Å². The van der Waals surface area contributed by atoms with Gasteiger partial charge >= 0.3 is 0 Å². The molecule has 0 saturated heterocycles. The van der Waals surface area contributed by atoms with Gasteiger partial charge in [-0.3, -0.25) is 0 Å². The third-order valence-corrected chi connectivity index (χ3v) is 9.69. The summed E-state index contributed by atoms with van der Waals surface area (Å²) in [6, 6.07) is 8.29. The number of carbonyl (C=O) groups is 1. The van der Waals surface area contributed by atoms with Gasteiger partial charge in [-0.25, -0.2) is 0 Å². The molecule has 1 rings (SSSR count). The van der Waals surface area contributed by atoms with Crippen LogP contribution in [0.3, 0.4) is 0 Å². The van der Waals surface area contributed by atoms with E-state index in [0.29, 0.717) is 12.0 Å². The zero-order chi connectivity index (χ0) is 22.2. The van der Waals surface area contributed by atoms with E-state index in [9.17, 15) is 9.90 Å². The molecule has 172 valence electrons. The molecule has 4 heteroatoms. The zero-order valence-corrected chi connectivity index (χ0v) is 21.2. The fraction of sp³-hybridized carbons (Fsp3) is 0.731. The Bertz CT molecular complexity index is 601. The highest BCUT2D eigenvalue weighted by molar-refractivity contribution is 6.77. The van der Waals surface area contributed by atoms with Crippen LogP contribution in [0.5, 0.6) is 0 Å². The molecule has 1 aromatic carbocycles. The van der Waals surface area contributed by atoms with Crippen molar-refractivity contribution in [3.63, 3.8) is 0 Å². The van der Waals surface area contributed by atoms with Crippen molar-refractivity contribution < 1.29 is 9.90 Å². The Morgan fingerprint density at radius 2 is 1.43 bits per heavy atom. The molecule has 0 aliphatic heterocycles. The van der Waals surface area contributed by atoms with Gasteiger partial charge in [-0.15, -0.1) is 0 Å². The normalized spacial score (nSPS) is 11.6. The molecule has 0 atom stereocenters. The lowest BCUT2D eigenvalue weighted by molar-refractivity contribution is -0.255. The van der Waals surface area contributed by atoms with Crippen molar-refractivity contribution in [2.75, 3.05) is 11.9 Å². The van der Waals surface area contributed by atoms with Crippen molar-refractivity contribution >= 4 is 19.7 Å². The fourth-order valence-corrected chi connectivity index (χ4v) is 6.80. The first-order chi connectivity index (χ1) is 14.4. The second kappa shape index (κ2) is 15.5. The van der Waals surface area contributed by atoms with Crippen LogP contribution in [-0.2, 0) is 6.42 Å². The number of carboxylic acids is 1. The summed E-state index contributed by atoms with van der Waals surface area (Å²) in [6.07, 6.45) is 16.0. The molecular weight excluding hydrogens is 386 g/mol. The Hall–Kier alpha value is -1.29. The third kappa shape index (κ3) is 11.8. The van der Waals surface area contributed by atoms with Crippen molar-refractivity contribution in [3.05, 3.63) is 29.3 Å². The van der Waals surface area contributed by atoms with Crippen LogP contribution in [-0.4, -0.2) is 20.6 Å². The molecule has 1 aromatic rings. The molecule has 3 nitrogen and oxygen atoms in total. The number of aromatic carboxylic acids is 1.